The van der Waals surface area contributed by atoms with Gasteiger partial charge in [-0.25, -0.2) is 4.68 Å². The van der Waals surface area contributed by atoms with Crippen LogP contribution in [0.5, 0.6) is 0 Å². The monoisotopic (exact) mass is 433 g/mol. The lowest BCUT2D eigenvalue weighted by atomic mass is 9.98. The van der Waals surface area contributed by atoms with E-state index in [0.29, 0.717) is 27.5 Å². The van der Waals surface area contributed by atoms with Gasteiger partial charge in [-0.1, -0.05) is 32.0 Å². The van der Waals surface area contributed by atoms with E-state index in [0.717, 1.165) is 12.1 Å². The molecule has 31 heavy (non-hydrogen) atoms. The lowest BCUT2D eigenvalue weighted by molar-refractivity contribution is -0.137. The van der Waals surface area contributed by atoms with Crippen molar-refractivity contribution < 1.29 is 18.0 Å². The summed E-state index contributed by atoms with van der Waals surface area (Å²) in [6, 6.07) is 9.65. The van der Waals surface area contributed by atoms with E-state index in [-0.39, 0.29) is 17.4 Å². The van der Waals surface area contributed by atoms with Crippen LogP contribution in [0, 0.1) is 0 Å². The van der Waals surface area contributed by atoms with Gasteiger partial charge in [-0.15, -0.1) is 0 Å². The summed E-state index contributed by atoms with van der Waals surface area (Å²) in [5.74, 6) is 11.2. The molecule has 0 aliphatic heterocycles. The van der Waals surface area contributed by atoms with E-state index in [1.54, 1.807) is 18.2 Å². The molecule has 9 heteroatoms. The first-order chi connectivity index (χ1) is 14.6. The van der Waals surface area contributed by atoms with E-state index in [1.807, 2.05) is 27.7 Å². The SMILES string of the molecule is CC.CC(C)NC(=O)c1ccc2c(-c3ccc(C(F)(F)F)cc3)cn(N)/c(=N\N)c2c1. The van der Waals surface area contributed by atoms with E-state index in [1.165, 1.54) is 23.0 Å². The molecule has 0 spiro atoms. The molecule has 6 nitrogen and oxygen atoms in total. The third-order valence-electron chi connectivity index (χ3n) is 4.39. The van der Waals surface area contributed by atoms with Crippen molar-refractivity contribution in [2.24, 2.45) is 10.9 Å². The lowest BCUT2D eigenvalue weighted by Crippen LogP contribution is -2.31. The average Bonchev–Trinajstić information content (AvgIpc) is 2.73. The standard InChI is InChI=1S/C20H20F3N5O.C2H6/c1-11(2)26-19(29)13-5-8-15-16(9-13)18(27-24)28(25)10-17(15)12-3-6-14(7-4-12)20(21,22)23;1-2/h3-11H,24-25H2,1-2H3,(H,26,29);1-2H3/b27-18-;. The normalized spacial score (nSPS) is 11.9. The Morgan fingerprint density at radius 1 is 1.06 bits per heavy atom. The maximum absolute atomic E-state index is 12.9. The zero-order valence-corrected chi connectivity index (χ0v) is 17.8. The summed E-state index contributed by atoms with van der Waals surface area (Å²) in [5, 5.41) is 7.65. The van der Waals surface area contributed by atoms with E-state index >= 15 is 0 Å². The maximum Gasteiger partial charge on any atom is 0.416 e. The molecule has 1 heterocycles. The van der Waals surface area contributed by atoms with Crippen LogP contribution in [0.2, 0.25) is 0 Å². The number of alkyl halides is 3. The fraction of sp³-hybridized carbons (Fsp3) is 0.273. The Bertz CT molecular complexity index is 1130. The molecule has 0 aliphatic carbocycles. The summed E-state index contributed by atoms with van der Waals surface area (Å²) in [7, 11) is 0. The van der Waals surface area contributed by atoms with Crippen LogP contribution in [-0.2, 0) is 6.18 Å². The van der Waals surface area contributed by atoms with Crippen LogP contribution in [0.1, 0.15) is 43.6 Å². The minimum absolute atomic E-state index is 0.0465. The Labute approximate surface area is 178 Å². The number of fused-ring (bicyclic) bond motifs is 1. The summed E-state index contributed by atoms with van der Waals surface area (Å²) in [6.45, 7) is 7.69. The van der Waals surface area contributed by atoms with Crippen molar-refractivity contribution in [3.63, 3.8) is 0 Å². The van der Waals surface area contributed by atoms with Gasteiger partial charge in [0.1, 0.15) is 0 Å². The van der Waals surface area contributed by atoms with E-state index in [2.05, 4.69) is 10.4 Å². The molecule has 0 fully saturated rings. The van der Waals surface area contributed by atoms with Gasteiger partial charge in [0, 0.05) is 28.8 Å². The summed E-state index contributed by atoms with van der Waals surface area (Å²) in [5.41, 5.74) is 0.993. The molecule has 0 atom stereocenters. The molecular weight excluding hydrogens is 407 g/mol. The number of rotatable bonds is 3. The van der Waals surface area contributed by atoms with Gasteiger partial charge in [0.2, 0.25) is 0 Å². The van der Waals surface area contributed by atoms with Crippen molar-refractivity contribution >= 4 is 16.7 Å². The molecule has 0 aliphatic rings. The van der Waals surface area contributed by atoms with Crippen molar-refractivity contribution in [3.05, 3.63) is 65.3 Å². The van der Waals surface area contributed by atoms with Crippen molar-refractivity contribution in [1.82, 2.24) is 9.99 Å². The first-order valence-electron chi connectivity index (χ1n) is 9.78. The Morgan fingerprint density at radius 3 is 2.19 bits per heavy atom. The summed E-state index contributed by atoms with van der Waals surface area (Å²) >= 11 is 0. The topological polar surface area (TPSA) is 98.4 Å². The van der Waals surface area contributed by atoms with Crippen LogP contribution in [-0.4, -0.2) is 16.6 Å². The van der Waals surface area contributed by atoms with Crippen molar-refractivity contribution in [1.29, 1.82) is 0 Å². The second-order valence-corrected chi connectivity index (χ2v) is 6.87. The number of carbonyl (C=O) groups is 1. The van der Waals surface area contributed by atoms with Gasteiger partial charge in [0.15, 0.2) is 5.49 Å². The zero-order valence-electron chi connectivity index (χ0n) is 17.8. The quantitative estimate of drug-likeness (QED) is 0.430. The number of nitrogens with one attached hydrogen (secondary N) is 1. The lowest BCUT2D eigenvalue weighted by Gasteiger charge is -2.14. The summed E-state index contributed by atoms with van der Waals surface area (Å²) in [6.07, 6.45) is -2.89. The number of amides is 1. The molecule has 0 radical (unpaired) electrons. The van der Waals surface area contributed by atoms with Gasteiger partial charge < -0.3 is 17.0 Å². The molecule has 3 aromatic rings. The number of aromatic nitrogens is 1. The molecule has 3 rings (SSSR count). The number of nitrogens with two attached hydrogens (primary N) is 2. The molecule has 0 bridgehead atoms. The van der Waals surface area contributed by atoms with Crippen LogP contribution in [0.15, 0.2) is 53.8 Å². The van der Waals surface area contributed by atoms with Gasteiger partial charge >= 0.3 is 6.18 Å². The Morgan fingerprint density at radius 2 is 1.68 bits per heavy atom. The fourth-order valence-corrected chi connectivity index (χ4v) is 3.06. The first-order valence-corrected chi connectivity index (χ1v) is 9.78. The molecule has 5 N–H and O–H groups in total. The predicted octanol–water partition coefficient (Wildman–Crippen LogP) is 3.98. The number of hydrogen-bond donors (Lipinski definition) is 3. The number of nitrogen functional groups attached to an aromatic ring is 1. The number of halogens is 3. The number of pyridine rings is 1. The van der Waals surface area contributed by atoms with Gasteiger partial charge in [-0.3, -0.25) is 4.79 Å². The van der Waals surface area contributed by atoms with Crippen LogP contribution in [0.3, 0.4) is 0 Å². The van der Waals surface area contributed by atoms with Crippen LogP contribution in [0.4, 0.5) is 13.2 Å². The number of hydrogen-bond acceptors (Lipinski definition) is 4. The molecule has 0 saturated carbocycles. The highest BCUT2D eigenvalue weighted by Gasteiger charge is 2.30. The average molecular weight is 433 g/mol. The van der Waals surface area contributed by atoms with Crippen molar-refractivity contribution in [2.75, 3.05) is 5.84 Å². The van der Waals surface area contributed by atoms with Crippen molar-refractivity contribution in [3.8, 4) is 11.1 Å². The third-order valence-corrected chi connectivity index (χ3v) is 4.39. The third kappa shape index (κ3) is 5.17. The smallest absolute Gasteiger partial charge is 0.350 e. The molecule has 166 valence electrons. The van der Waals surface area contributed by atoms with Gasteiger partial charge in [-0.2, -0.15) is 18.3 Å². The fourth-order valence-electron chi connectivity index (χ4n) is 3.06. The van der Waals surface area contributed by atoms with Gasteiger partial charge in [0.05, 0.1) is 5.56 Å². The molecular formula is C22H26F3N5O. The summed E-state index contributed by atoms with van der Waals surface area (Å²) < 4.78 is 39.8. The van der Waals surface area contributed by atoms with Crippen LogP contribution < -0.4 is 22.5 Å². The zero-order chi connectivity index (χ0) is 23.3. The highest BCUT2D eigenvalue weighted by atomic mass is 19.4. The highest BCUT2D eigenvalue weighted by Crippen LogP contribution is 2.32. The van der Waals surface area contributed by atoms with E-state index in [4.69, 9.17) is 11.7 Å². The molecule has 0 unspecified atom stereocenters. The number of nitrogens with zero attached hydrogens (tertiary/aromatic N) is 2. The van der Waals surface area contributed by atoms with Gasteiger partial charge in [-0.05, 0) is 49.1 Å². The number of carbonyl (C=O) groups excluding carboxylic acids is 1. The molecule has 0 saturated heterocycles. The minimum atomic E-state index is -4.42. The Hall–Kier alpha value is -3.49. The van der Waals surface area contributed by atoms with Crippen molar-refractivity contribution in [2.45, 2.75) is 39.9 Å². The molecule has 1 amide bonds. The minimum Gasteiger partial charge on any atom is -0.350 e. The van der Waals surface area contributed by atoms with Crippen LogP contribution >= 0.6 is 0 Å². The Kier molecular flexibility index (Phi) is 7.32. The molecule has 1 aromatic heterocycles. The first kappa shape index (κ1) is 23.8. The van der Waals surface area contributed by atoms with Gasteiger partial charge in [0.25, 0.3) is 5.91 Å². The number of benzene rings is 2. The summed E-state index contributed by atoms with van der Waals surface area (Å²) in [4.78, 5) is 12.4. The van der Waals surface area contributed by atoms with E-state index < -0.39 is 11.7 Å². The predicted molar refractivity (Wildman–Crippen MR) is 116 cm³/mol. The van der Waals surface area contributed by atoms with E-state index in [9.17, 15) is 18.0 Å². The maximum atomic E-state index is 12.9. The largest absolute Gasteiger partial charge is 0.416 e. The second-order valence-electron chi connectivity index (χ2n) is 6.87. The van der Waals surface area contributed by atoms with Crippen LogP contribution in [0.25, 0.3) is 21.9 Å². The highest BCUT2D eigenvalue weighted by molar-refractivity contribution is 6.02. The second kappa shape index (κ2) is 9.55. The molecule has 2 aromatic carbocycles. The Balaban J connectivity index is 0.00000166.